The third-order valence-corrected chi connectivity index (χ3v) is 6.23. The Morgan fingerprint density at radius 1 is 0.581 bits per heavy atom. The van der Waals surface area contributed by atoms with Gasteiger partial charge in [0.15, 0.2) is 5.78 Å². The van der Waals surface area contributed by atoms with Gasteiger partial charge in [-0.05, 0) is 65.9 Å². The van der Waals surface area contributed by atoms with Crippen LogP contribution in [0.15, 0.2) is 84.9 Å². The molecule has 5 rings (SSSR count). The maximum Gasteiger partial charge on any atom is 0.182 e. The lowest BCUT2D eigenvalue weighted by Gasteiger charge is -2.40. The van der Waals surface area contributed by atoms with Gasteiger partial charge >= 0.3 is 0 Å². The monoisotopic (exact) mass is 406 g/mol. The van der Waals surface area contributed by atoms with Gasteiger partial charge in [0.2, 0.25) is 0 Å². The number of benzene rings is 4. The zero-order chi connectivity index (χ0) is 21.8. The molecule has 0 amide bonds. The zero-order valence-corrected chi connectivity index (χ0v) is 17.4. The van der Waals surface area contributed by atoms with Gasteiger partial charge < -0.3 is 10.2 Å². The van der Waals surface area contributed by atoms with E-state index in [2.05, 4.69) is 19.1 Å². The molecule has 0 spiro atoms. The Morgan fingerprint density at radius 2 is 1.06 bits per heavy atom. The first-order chi connectivity index (χ1) is 14.9. The van der Waals surface area contributed by atoms with Gasteiger partial charge in [-0.1, -0.05) is 71.8 Å². The molecule has 0 saturated heterocycles. The van der Waals surface area contributed by atoms with Crippen LogP contribution in [0.3, 0.4) is 0 Å². The lowest BCUT2D eigenvalue weighted by Crippen LogP contribution is -2.41. The smallest absolute Gasteiger partial charge is 0.182 e. The molecular weight excluding hydrogens is 384 g/mol. The number of ketones is 1. The van der Waals surface area contributed by atoms with E-state index in [4.69, 9.17) is 0 Å². The van der Waals surface area contributed by atoms with Crippen molar-refractivity contribution in [3.05, 3.63) is 118 Å². The van der Waals surface area contributed by atoms with E-state index < -0.39 is 5.41 Å². The Bertz CT molecular complexity index is 1270. The Kier molecular flexibility index (Phi) is 4.23. The van der Waals surface area contributed by atoms with Gasteiger partial charge in [-0.25, -0.2) is 0 Å². The minimum Gasteiger partial charge on any atom is -0.508 e. The van der Waals surface area contributed by atoms with Crippen molar-refractivity contribution in [1.82, 2.24) is 0 Å². The fraction of sp³-hybridized carbons (Fsp3) is 0.107. The fourth-order valence-corrected chi connectivity index (χ4v) is 4.77. The summed E-state index contributed by atoms with van der Waals surface area (Å²) in [5.41, 5.74) is 6.22. The van der Waals surface area contributed by atoms with Crippen molar-refractivity contribution < 1.29 is 15.0 Å². The summed E-state index contributed by atoms with van der Waals surface area (Å²) in [6.07, 6.45) is 0. The Balaban J connectivity index is 1.95. The average molecular weight is 406 g/mol. The molecule has 4 aromatic carbocycles. The lowest BCUT2D eigenvalue weighted by molar-refractivity contribution is 0.0933. The second-order valence-corrected chi connectivity index (χ2v) is 8.27. The van der Waals surface area contributed by atoms with Crippen LogP contribution in [-0.2, 0) is 5.41 Å². The van der Waals surface area contributed by atoms with E-state index in [9.17, 15) is 15.0 Å². The van der Waals surface area contributed by atoms with Crippen LogP contribution >= 0.6 is 0 Å². The minimum absolute atomic E-state index is 0.0183. The number of Topliss-reactive ketones (excluding diaryl/α,β-unsaturated/α-hetero) is 1. The molecule has 0 bridgehead atoms. The number of aromatic hydroxyl groups is 2. The normalized spacial score (nSPS) is 14.1. The molecule has 0 aliphatic heterocycles. The van der Waals surface area contributed by atoms with Crippen LogP contribution in [0.2, 0.25) is 0 Å². The van der Waals surface area contributed by atoms with Crippen molar-refractivity contribution >= 4 is 5.78 Å². The van der Waals surface area contributed by atoms with Gasteiger partial charge in [0.05, 0.1) is 0 Å². The molecule has 0 radical (unpaired) electrons. The van der Waals surface area contributed by atoms with Crippen molar-refractivity contribution in [2.75, 3.05) is 0 Å². The molecule has 0 aromatic heterocycles. The largest absolute Gasteiger partial charge is 0.508 e. The molecule has 1 aliphatic rings. The number of phenolic OH excluding ortho intramolecular Hbond substituents is 2. The van der Waals surface area contributed by atoms with Crippen molar-refractivity contribution in [3.8, 4) is 22.6 Å². The molecule has 2 N–H and O–H groups in total. The summed E-state index contributed by atoms with van der Waals surface area (Å²) in [4.78, 5) is 14.3. The van der Waals surface area contributed by atoms with Crippen LogP contribution < -0.4 is 0 Å². The molecule has 3 nitrogen and oxygen atoms in total. The van der Waals surface area contributed by atoms with Crippen LogP contribution in [0.1, 0.15) is 38.2 Å². The highest BCUT2D eigenvalue weighted by Gasteiger charge is 2.49. The maximum atomic E-state index is 14.3. The maximum absolute atomic E-state index is 14.3. The van der Waals surface area contributed by atoms with Gasteiger partial charge in [0, 0.05) is 5.56 Å². The van der Waals surface area contributed by atoms with E-state index in [-0.39, 0.29) is 17.3 Å². The van der Waals surface area contributed by atoms with Gasteiger partial charge in [0.25, 0.3) is 0 Å². The lowest BCUT2D eigenvalue weighted by atomic mass is 9.60. The van der Waals surface area contributed by atoms with Crippen LogP contribution in [0.4, 0.5) is 0 Å². The third kappa shape index (κ3) is 2.77. The number of hydrogen-bond acceptors (Lipinski definition) is 3. The summed E-state index contributed by atoms with van der Waals surface area (Å²) in [5, 5.41) is 19.8. The quantitative estimate of drug-likeness (QED) is 0.435. The first-order valence-electron chi connectivity index (χ1n) is 10.3. The standard InChI is InChI=1S/C28H22O3/c1-17-3-13-23-24(15-17)25-16-18(2)4-14-26(25)28(27(23)31,19-5-9-21(29)10-6-19)20-7-11-22(30)12-8-20/h3-16,29-30H,1-2H3. The van der Waals surface area contributed by atoms with Crippen molar-refractivity contribution in [1.29, 1.82) is 0 Å². The van der Waals surface area contributed by atoms with Gasteiger partial charge in [-0.15, -0.1) is 0 Å². The Labute approximate surface area is 181 Å². The van der Waals surface area contributed by atoms with Crippen LogP contribution in [-0.4, -0.2) is 16.0 Å². The topological polar surface area (TPSA) is 57.5 Å². The second-order valence-electron chi connectivity index (χ2n) is 8.27. The van der Waals surface area contributed by atoms with Crippen LogP contribution in [0.5, 0.6) is 11.5 Å². The summed E-state index contributed by atoms with van der Waals surface area (Å²) >= 11 is 0. The summed E-state index contributed by atoms with van der Waals surface area (Å²) in [6, 6.07) is 25.8. The van der Waals surface area contributed by atoms with Crippen molar-refractivity contribution in [2.24, 2.45) is 0 Å². The molecule has 152 valence electrons. The van der Waals surface area contributed by atoms with Gasteiger partial charge in [0.1, 0.15) is 16.9 Å². The highest BCUT2D eigenvalue weighted by atomic mass is 16.3. The zero-order valence-electron chi connectivity index (χ0n) is 17.4. The molecule has 4 aromatic rings. The molecule has 0 heterocycles. The van der Waals surface area contributed by atoms with E-state index in [0.717, 1.165) is 38.9 Å². The fourth-order valence-electron chi connectivity index (χ4n) is 4.77. The average Bonchev–Trinajstić information content (AvgIpc) is 2.76. The van der Waals surface area contributed by atoms with E-state index >= 15 is 0 Å². The number of carbonyl (C=O) groups excluding carboxylic acids is 1. The molecule has 0 fully saturated rings. The van der Waals surface area contributed by atoms with Gasteiger partial charge in [-0.3, -0.25) is 4.79 Å². The number of phenols is 2. The molecule has 31 heavy (non-hydrogen) atoms. The predicted molar refractivity (Wildman–Crippen MR) is 122 cm³/mol. The Morgan fingerprint density at radius 3 is 1.61 bits per heavy atom. The SMILES string of the molecule is Cc1ccc2c(c1)-c1cc(C)ccc1C(c1ccc(O)cc1)(c1ccc(O)cc1)C2=O. The Hall–Kier alpha value is -3.85. The molecule has 1 aliphatic carbocycles. The summed E-state index contributed by atoms with van der Waals surface area (Å²) < 4.78 is 0. The summed E-state index contributed by atoms with van der Waals surface area (Å²) in [6.45, 7) is 4.08. The van der Waals surface area contributed by atoms with E-state index in [1.807, 2.05) is 55.5 Å². The number of carbonyl (C=O) groups is 1. The molecule has 0 atom stereocenters. The number of aryl methyl sites for hydroxylation is 2. The second kappa shape index (κ2) is 6.85. The highest BCUT2D eigenvalue weighted by molar-refractivity contribution is 6.16. The minimum atomic E-state index is -1.09. The number of hydrogen-bond donors (Lipinski definition) is 2. The first kappa shape index (κ1) is 19.1. The number of rotatable bonds is 2. The first-order valence-corrected chi connectivity index (χ1v) is 10.3. The van der Waals surface area contributed by atoms with Crippen molar-refractivity contribution in [2.45, 2.75) is 19.3 Å². The van der Waals surface area contributed by atoms with Gasteiger partial charge in [-0.2, -0.15) is 0 Å². The predicted octanol–water partition coefficient (Wildman–Crippen LogP) is 5.91. The van der Waals surface area contributed by atoms with E-state index in [1.54, 1.807) is 24.3 Å². The van der Waals surface area contributed by atoms with Crippen LogP contribution in [0.25, 0.3) is 11.1 Å². The summed E-state index contributed by atoms with van der Waals surface area (Å²) in [5.74, 6) is 0.274. The summed E-state index contributed by atoms with van der Waals surface area (Å²) in [7, 11) is 0. The molecule has 0 saturated carbocycles. The molecular formula is C28H22O3. The molecule has 3 heteroatoms. The molecule has 0 unspecified atom stereocenters. The third-order valence-electron chi connectivity index (χ3n) is 6.23. The van der Waals surface area contributed by atoms with E-state index in [0.29, 0.717) is 5.56 Å². The van der Waals surface area contributed by atoms with Crippen LogP contribution in [0, 0.1) is 13.8 Å². The number of fused-ring (bicyclic) bond motifs is 3. The van der Waals surface area contributed by atoms with E-state index in [1.165, 1.54) is 0 Å². The highest BCUT2D eigenvalue weighted by Crippen LogP contribution is 2.51. The van der Waals surface area contributed by atoms with Crippen molar-refractivity contribution in [3.63, 3.8) is 0 Å².